The van der Waals surface area contributed by atoms with E-state index in [-0.39, 0.29) is 23.5 Å². The Balaban J connectivity index is 1.57. The second-order valence-electron chi connectivity index (χ2n) is 8.51. The monoisotopic (exact) mass is 424 g/mol. The van der Waals surface area contributed by atoms with Gasteiger partial charge in [-0.15, -0.1) is 11.8 Å². The van der Waals surface area contributed by atoms with Gasteiger partial charge in [-0.2, -0.15) is 0 Å². The highest BCUT2D eigenvalue weighted by Gasteiger charge is 2.59. The molecular weight excluding hydrogens is 399 g/mol. The van der Waals surface area contributed by atoms with E-state index in [0.717, 1.165) is 53.8 Å². The minimum Gasteiger partial charge on any atom is -0.315 e. The van der Waals surface area contributed by atoms with Crippen molar-refractivity contribution in [2.24, 2.45) is 5.92 Å². The van der Waals surface area contributed by atoms with Gasteiger partial charge in [-0.25, -0.2) is 4.39 Å². The first kappa shape index (κ1) is 19.6. The third-order valence-electron chi connectivity index (χ3n) is 6.55. The van der Waals surface area contributed by atoms with E-state index in [1.807, 2.05) is 36.1 Å². The number of anilines is 1. The van der Waals surface area contributed by atoms with Crippen molar-refractivity contribution >= 4 is 29.3 Å². The second-order valence-corrected chi connectivity index (χ2v) is 9.79. The van der Waals surface area contributed by atoms with Crippen molar-refractivity contribution in [3.8, 4) is 0 Å². The van der Waals surface area contributed by atoms with Crippen LogP contribution in [0.3, 0.4) is 0 Å². The number of carbonyl (C=O) groups excluding carboxylic acids is 2. The topological polar surface area (TPSA) is 40.6 Å². The number of thioether (sulfide) groups is 1. The minimum atomic E-state index is -0.992. The molecule has 2 fully saturated rings. The Labute approximate surface area is 180 Å². The molecule has 1 saturated carbocycles. The largest absolute Gasteiger partial charge is 0.315 e. The first-order valence-corrected chi connectivity index (χ1v) is 11.6. The SMILES string of the molecule is Cc1ccc2c(c1)C1(SCCN1C(=O)C1CCCC1)C(=O)N2Cc1cccc(F)c1. The summed E-state index contributed by atoms with van der Waals surface area (Å²) in [6, 6.07) is 12.4. The zero-order valence-electron chi connectivity index (χ0n) is 17.1. The Hall–Kier alpha value is -2.34. The van der Waals surface area contributed by atoms with Crippen LogP contribution in [0.25, 0.3) is 0 Å². The highest BCUT2D eigenvalue weighted by atomic mass is 32.2. The molecule has 2 heterocycles. The van der Waals surface area contributed by atoms with Crippen LogP contribution in [0.1, 0.15) is 42.4 Å². The Kier molecular flexibility index (Phi) is 4.85. The third-order valence-corrected chi connectivity index (χ3v) is 7.97. The summed E-state index contributed by atoms with van der Waals surface area (Å²) in [6.07, 6.45) is 4.00. The molecule has 2 aromatic carbocycles. The van der Waals surface area contributed by atoms with Crippen LogP contribution >= 0.6 is 11.8 Å². The smallest absolute Gasteiger partial charge is 0.268 e. The molecule has 1 atom stereocenters. The molecule has 0 radical (unpaired) electrons. The highest BCUT2D eigenvalue weighted by molar-refractivity contribution is 8.01. The average Bonchev–Trinajstić information content (AvgIpc) is 3.45. The molecule has 3 aliphatic rings. The van der Waals surface area contributed by atoms with Crippen LogP contribution in [-0.2, 0) is 21.0 Å². The van der Waals surface area contributed by atoms with Crippen molar-refractivity contribution in [2.45, 2.75) is 44.0 Å². The Morgan fingerprint density at radius 1 is 1.20 bits per heavy atom. The Morgan fingerprint density at radius 2 is 2.00 bits per heavy atom. The molecule has 0 aromatic heterocycles. The van der Waals surface area contributed by atoms with Crippen molar-refractivity contribution in [2.75, 3.05) is 17.2 Å². The van der Waals surface area contributed by atoms with E-state index in [9.17, 15) is 14.0 Å². The van der Waals surface area contributed by atoms with Gasteiger partial charge in [0.2, 0.25) is 5.91 Å². The van der Waals surface area contributed by atoms with E-state index < -0.39 is 4.87 Å². The fourth-order valence-corrected chi connectivity index (χ4v) is 6.58. The van der Waals surface area contributed by atoms with Gasteiger partial charge in [0.05, 0.1) is 12.2 Å². The molecule has 0 bridgehead atoms. The van der Waals surface area contributed by atoms with Gasteiger partial charge in [-0.3, -0.25) is 9.59 Å². The Bertz CT molecular complexity index is 1020. The number of hydrogen-bond acceptors (Lipinski definition) is 3. The van der Waals surface area contributed by atoms with Gasteiger partial charge >= 0.3 is 0 Å². The first-order chi connectivity index (χ1) is 14.5. The van der Waals surface area contributed by atoms with Crippen molar-refractivity contribution < 1.29 is 14.0 Å². The summed E-state index contributed by atoms with van der Waals surface area (Å²) in [6.45, 7) is 2.89. The molecule has 0 N–H and O–H groups in total. The van der Waals surface area contributed by atoms with E-state index in [0.29, 0.717) is 13.1 Å². The molecule has 1 unspecified atom stereocenters. The van der Waals surface area contributed by atoms with Gasteiger partial charge in [0.15, 0.2) is 4.87 Å². The molecule has 30 heavy (non-hydrogen) atoms. The Morgan fingerprint density at radius 3 is 2.77 bits per heavy atom. The quantitative estimate of drug-likeness (QED) is 0.723. The molecule has 2 aromatic rings. The van der Waals surface area contributed by atoms with Crippen LogP contribution in [0.5, 0.6) is 0 Å². The van der Waals surface area contributed by atoms with Gasteiger partial charge in [-0.05, 0) is 43.5 Å². The molecule has 2 aliphatic heterocycles. The number of carbonyl (C=O) groups is 2. The number of nitrogens with zero attached hydrogens (tertiary/aromatic N) is 2. The molecule has 6 heteroatoms. The fourth-order valence-electron chi connectivity index (χ4n) is 5.12. The summed E-state index contributed by atoms with van der Waals surface area (Å²) in [5.41, 5.74) is 3.53. The summed E-state index contributed by atoms with van der Waals surface area (Å²) in [4.78, 5) is 30.0. The second kappa shape index (κ2) is 7.41. The molecular formula is C24H25FN2O2S. The summed E-state index contributed by atoms with van der Waals surface area (Å²) in [7, 11) is 0. The zero-order valence-corrected chi connectivity index (χ0v) is 17.9. The molecule has 5 rings (SSSR count). The van der Waals surface area contributed by atoms with Crippen molar-refractivity contribution in [1.82, 2.24) is 4.90 Å². The van der Waals surface area contributed by atoms with Crippen LogP contribution in [0.4, 0.5) is 10.1 Å². The van der Waals surface area contributed by atoms with E-state index >= 15 is 0 Å². The van der Waals surface area contributed by atoms with Crippen LogP contribution in [0, 0.1) is 18.7 Å². The average molecular weight is 425 g/mol. The first-order valence-electron chi connectivity index (χ1n) is 10.6. The summed E-state index contributed by atoms with van der Waals surface area (Å²) in [5, 5.41) is 0. The summed E-state index contributed by atoms with van der Waals surface area (Å²) >= 11 is 1.56. The van der Waals surface area contributed by atoms with Crippen LogP contribution in [0.15, 0.2) is 42.5 Å². The van der Waals surface area contributed by atoms with E-state index in [1.165, 1.54) is 12.1 Å². The van der Waals surface area contributed by atoms with Gasteiger partial charge in [0.1, 0.15) is 5.82 Å². The van der Waals surface area contributed by atoms with Gasteiger partial charge in [0, 0.05) is 23.8 Å². The maximum Gasteiger partial charge on any atom is 0.268 e. The molecule has 4 nitrogen and oxygen atoms in total. The van der Waals surface area contributed by atoms with Crippen LogP contribution in [-0.4, -0.2) is 29.0 Å². The lowest BCUT2D eigenvalue weighted by atomic mass is 10.00. The number of halogens is 1. The summed E-state index contributed by atoms with van der Waals surface area (Å²) in [5.74, 6) is 0.489. The third kappa shape index (κ3) is 2.96. The lowest BCUT2D eigenvalue weighted by Crippen LogP contribution is -2.51. The fraction of sp³-hybridized carbons (Fsp3) is 0.417. The highest BCUT2D eigenvalue weighted by Crippen LogP contribution is 2.55. The van der Waals surface area contributed by atoms with E-state index in [4.69, 9.17) is 0 Å². The van der Waals surface area contributed by atoms with Crippen LogP contribution in [0.2, 0.25) is 0 Å². The van der Waals surface area contributed by atoms with Crippen molar-refractivity contribution in [3.05, 3.63) is 65.0 Å². The lowest BCUT2D eigenvalue weighted by Gasteiger charge is -2.35. The number of hydrogen-bond donors (Lipinski definition) is 0. The molecule has 156 valence electrons. The normalized spacial score (nSPS) is 23.6. The molecule has 1 saturated heterocycles. The van der Waals surface area contributed by atoms with E-state index in [1.54, 1.807) is 22.7 Å². The van der Waals surface area contributed by atoms with Crippen molar-refractivity contribution in [1.29, 1.82) is 0 Å². The predicted molar refractivity (Wildman–Crippen MR) is 117 cm³/mol. The maximum absolute atomic E-state index is 13.9. The molecule has 2 amide bonds. The van der Waals surface area contributed by atoms with Gasteiger partial charge < -0.3 is 9.80 Å². The van der Waals surface area contributed by atoms with Crippen LogP contribution < -0.4 is 4.90 Å². The van der Waals surface area contributed by atoms with E-state index in [2.05, 4.69) is 0 Å². The maximum atomic E-state index is 13.9. The number of amides is 2. The number of aryl methyl sites for hydroxylation is 1. The standard InChI is InChI=1S/C24H25FN2O2S/c1-16-9-10-21-20(13-16)24(23(29)26(21)15-17-5-4-8-19(25)14-17)27(11-12-30-24)22(28)18-6-2-3-7-18/h4-5,8-10,13-14,18H,2-3,6-7,11-12,15H2,1H3. The number of rotatable bonds is 3. The predicted octanol–water partition coefficient (Wildman–Crippen LogP) is 4.60. The van der Waals surface area contributed by atoms with Gasteiger partial charge in [-0.1, -0.05) is 42.7 Å². The number of fused-ring (bicyclic) bond motifs is 2. The molecule has 1 spiro atoms. The van der Waals surface area contributed by atoms with Gasteiger partial charge in [0.25, 0.3) is 5.91 Å². The number of benzene rings is 2. The zero-order chi connectivity index (χ0) is 20.9. The minimum absolute atomic E-state index is 0.0268. The van der Waals surface area contributed by atoms with Crippen molar-refractivity contribution in [3.63, 3.8) is 0 Å². The lowest BCUT2D eigenvalue weighted by molar-refractivity contribution is -0.143. The molecule has 1 aliphatic carbocycles. The summed E-state index contributed by atoms with van der Waals surface area (Å²) < 4.78 is 13.8.